The van der Waals surface area contributed by atoms with Gasteiger partial charge < -0.3 is 5.11 Å². The molecular formula is C14H13NO3. The summed E-state index contributed by atoms with van der Waals surface area (Å²) in [6.45, 7) is 0. The van der Waals surface area contributed by atoms with Crippen LogP contribution >= 0.6 is 0 Å². The molecule has 0 radical (unpaired) electrons. The minimum absolute atomic E-state index is 0.209. The number of imide groups is 1. The number of hydrogen-bond acceptors (Lipinski definition) is 3. The van der Waals surface area contributed by atoms with E-state index >= 15 is 0 Å². The molecule has 0 spiro atoms. The molecule has 1 N–H and O–H groups in total. The highest BCUT2D eigenvalue weighted by molar-refractivity contribution is 6.22. The number of benzene rings is 1. The molecule has 1 aromatic carbocycles. The first-order valence-electron chi connectivity index (χ1n) is 5.98. The van der Waals surface area contributed by atoms with Crippen LogP contribution in [0.2, 0.25) is 0 Å². The number of anilines is 1. The number of carbonyl (C=O) groups is 2. The lowest BCUT2D eigenvalue weighted by molar-refractivity contribution is -0.123. The van der Waals surface area contributed by atoms with E-state index < -0.39 is 17.9 Å². The number of amides is 2. The Bertz CT molecular complexity index is 523. The fraction of sp³-hybridized carbons (Fsp3) is 0.286. The molecule has 1 heterocycles. The lowest BCUT2D eigenvalue weighted by atomic mass is 9.83. The van der Waals surface area contributed by atoms with E-state index in [0.717, 1.165) is 0 Å². The van der Waals surface area contributed by atoms with Gasteiger partial charge in [-0.15, -0.1) is 0 Å². The number of allylic oxidation sites excluding steroid dienone is 1. The zero-order valence-electron chi connectivity index (χ0n) is 9.69. The van der Waals surface area contributed by atoms with Crippen molar-refractivity contribution in [2.24, 2.45) is 11.8 Å². The quantitative estimate of drug-likeness (QED) is 0.594. The molecule has 1 aliphatic carbocycles. The largest absolute Gasteiger partial charge is 0.388 e. The van der Waals surface area contributed by atoms with E-state index in [1.165, 1.54) is 4.90 Å². The highest BCUT2D eigenvalue weighted by Crippen LogP contribution is 2.37. The lowest BCUT2D eigenvalue weighted by Crippen LogP contribution is -2.33. The summed E-state index contributed by atoms with van der Waals surface area (Å²) in [5, 5.41) is 9.85. The molecule has 1 aromatic rings. The number of hydrogen-bond donors (Lipinski definition) is 1. The molecule has 1 fully saturated rings. The van der Waals surface area contributed by atoms with Crippen LogP contribution in [0, 0.1) is 11.8 Å². The van der Waals surface area contributed by atoms with Gasteiger partial charge in [0.2, 0.25) is 11.8 Å². The maximum Gasteiger partial charge on any atom is 0.240 e. The maximum absolute atomic E-state index is 12.3. The number of para-hydroxylation sites is 1. The zero-order chi connectivity index (χ0) is 12.7. The number of aliphatic hydroxyl groups is 1. The van der Waals surface area contributed by atoms with Crippen LogP contribution in [0.4, 0.5) is 5.69 Å². The maximum atomic E-state index is 12.3. The first kappa shape index (κ1) is 11.2. The van der Waals surface area contributed by atoms with Crippen molar-refractivity contribution in [3.05, 3.63) is 42.5 Å². The minimum atomic E-state index is -0.853. The van der Waals surface area contributed by atoms with Crippen LogP contribution in [0.25, 0.3) is 0 Å². The average Bonchev–Trinajstić information content (AvgIpc) is 2.64. The van der Waals surface area contributed by atoms with Crippen LogP contribution in [-0.2, 0) is 9.59 Å². The molecule has 3 rings (SSSR count). The van der Waals surface area contributed by atoms with Crippen molar-refractivity contribution >= 4 is 17.5 Å². The van der Waals surface area contributed by atoms with Crippen LogP contribution in [-0.4, -0.2) is 23.0 Å². The third-order valence-electron chi connectivity index (χ3n) is 3.58. The Kier molecular flexibility index (Phi) is 2.52. The Morgan fingerprint density at radius 3 is 2.50 bits per heavy atom. The molecule has 0 saturated carbocycles. The topological polar surface area (TPSA) is 57.6 Å². The Morgan fingerprint density at radius 2 is 1.83 bits per heavy atom. The van der Waals surface area contributed by atoms with E-state index in [4.69, 9.17) is 0 Å². The van der Waals surface area contributed by atoms with E-state index in [9.17, 15) is 14.7 Å². The Balaban J connectivity index is 2.00. The first-order valence-corrected chi connectivity index (χ1v) is 5.98. The van der Waals surface area contributed by atoms with Crippen molar-refractivity contribution < 1.29 is 14.7 Å². The Hall–Kier alpha value is -1.94. The average molecular weight is 243 g/mol. The molecule has 0 aromatic heterocycles. The van der Waals surface area contributed by atoms with E-state index in [0.29, 0.717) is 12.1 Å². The minimum Gasteiger partial charge on any atom is -0.388 e. The third-order valence-corrected chi connectivity index (χ3v) is 3.58. The van der Waals surface area contributed by atoms with E-state index in [-0.39, 0.29) is 11.8 Å². The number of carbonyl (C=O) groups excluding carboxylic acids is 2. The Morgan fingerprint density at radius 1 is 1.11 bits per heavy atom. The fourth-order valence-electron chi connectivity index (χ4n) is 2.70. The SMILES string of the molecule is O=C1[C@@H]2[C@H](O)C=CC[C@@H]2C(=O)N1c1ccccc1. The molecular weight excluding hydrogens is 230 g/mol. The second-order valence-electron chi connectivity index (χ2n) is 4.63. The predicted molar refractivity (Wildman–Crippen MR) is 65.7 cm³/mol. The Labute approximate surface area is 105 Å². The van der Waals surface area contributed by atoms with Crippen LogP contribution in [0.3, 0.4) is 0 Å². The number of rotatable bonds is 1. The van der Waals surface area contributed by atoms with Crippen LogP contribution in [0.5, 0.6) is 0 Å². The molecule has 18 heavy (non-hydrogen) atoms. The summed E-state index contributed by atoms with van der Waals surface area (Å²) in [5.74, 6) is -1.55. The monoisotopic (exact) mass is 243 g/mol. The number of nitrogens with zero attached hydrogens (tertiary/aromatic N) is 1. The van der Waals surface area contributed by atoms with Crippen LogP contribution in [0.1, 0.15) is 6.42 Å². The molecule has 4 heteroatoms. The van der Waals surface area contributed by atoms with Gasteiger partial charge in [0, 0.05) is 0 Å². The molecule has 0 bridgehead atoms. The normalized spacial score (nSPS) is 30.7. The predicted octanol–water partition coefficient (Wildman–Crippen LogP) is 1.11. The summed E-state index contributed by atoms with van der Waals surface area (Å²) in [6.07, 6.45) is 3.04. The summed E-state index contributed by atoms with van der Waals surface area (Å²) in [5.41, 5.74) is 0.578. The van der Waals surface area contributed by atoms with Gasteiger partial charge in [0.05, 0.1) is 23.6 Å². The van der Waals surface area contributed by atoms with Gasteiger partial charge in [-0.2, -0.15) is 0 Å². The molecule has 4 nitrogen and oxygen atoms in total. The van der Waals surface area contributed by atoms with Gasteiger partial charge in [0.1, 0.15) is 0 Å². The molecule has 92 valence electrons. The molecule has 0 unspecified atom stereocenters. The lowest BCUT2D eigenvalue weighted by Gasteiger charge is -2.21. The summed E-state index contributed by atoms with van der Waals surface area (Å²) in [7, 11) is 0. The van der Waals surface area contributed by atoms with E-state index in [1.807, 2.05) is 6.07 Å². The van der Waals surface area contributed by atoms with Gasteiger partial charge in [-0.1, -0.05) is 30.4 Å². The van der Waals surface area contributed by atoms with Gasteiger partial charge >= 0.3 is 0 Å². The van der Waals surface area contributed by atoms with Crippen LogP contribution in [0.15, 0.2) is 42.5 Å². The summed E-state index contributed by atoms with van der Waals surface area (Å²) < 4.78 is 0. The molecule has 2 amide bonds. The summed E-state index contributed by atoms with van der Waals surface area (Å²) >= 11 is 0. The molecule has 1 saturated heterocycles. The fourth-order valence-corrected chi connectivity index (χ4v) is 2.70. The zero-order valence-corrected chi connectivity index (χ0v) is 9.69. The molecule has 3 atom stereocenters. The first-order chi connectivity index (χ1) is 8.70. The number of fused-ring (bicyclic) bond motifs is 1. The smallest absolute Gasteiger partial charge is 0.240 e. The van der Waals surface area contributed by atoms with Gasteiger partial charge in [0.25, 0.3) is 0 Å². The number of aliphatic hydroxyl groups excluding tert-OH is 1. The summed E-state index contributed by atoms with van der Waals surface area (Å²) in [6, 6.07) is 8.86. The van der Waals surface area contributed by atoms with E-state index in [1.54, 1.807) is 36.4 Å². The van der Waals surface area contributed by atoms with Gasteiger partial charge in [-0.05, 0) is 18.6 Å². The molecule has 2 aliphatic rings. The third kappa shape index (κ3) is 1.49. The van der Waals surface area contributed by atoms with Crippen LogP contribution < -0.4 is 4.90 Å². The van der Waals surface area contributed by atoms with E-state index in [2.05, 4.69) is 0 Å². The second kappa shape index (κ2) is 4.07. The van der Waals surface area contributed by atoms with Crippen molar-refractivity contribution in [1.29, 1.82) is 0 Å². The van der Waals surface area contributed by atoms with Crippen molar-refractivity contribution in [3.8, 4) is 0 Å². The highest BCUT2D eigenvalue weighted by Gasteiger charge is 2.51. The van der Waals surface area contributed by atoms with Gasteiger partial charge in [-0.25, -0.2) is 4.90 Å². The van der Waals surface area contributed by atoms with Gasteiger partial charge in [-0.3, -0.25) is 9.59 Å². The highest BCUT2D eigenvalue weighted by atomic mass is 16.3. The standard InChI is InChI=1S/C14H13NO3/c16-11-8-4-7-10-12(11)14(18)15(13(10)17)9-5-2-1-3-6-9/h1-6,8,10-12,16H,7H2/t10-,11+,12-/m0/s1. The van der Waals surface area contributed by atoms with Crippen molar-refractivity contribution in [1.82, 2.24) is 0 Å². The molecule has 1 aliphatic heterocycles. The summed E-state index contributed by atoms with van der Waals surface area (Å²) in [4.78, 5) is 25.7. The second-order valence-corrected chi connectivity index (χ2v) is 4.63. The van der Waals surface area contributed by atoms with Crippen molar-refractivity contribution in [2.75, 3.05) is 4.90 Å². The van der Waals surface area contributed by atoms with Gasteiger partial charge in [0.15, 0.2) is 0 Å². The van der Waals surface area contributed by atoms with Crippen molar-refractivity contribution in [3.63, 3.8) is 0 Å². The van der Waals surface area contributed by atoms with Crippen molar-refractivity contribution in [2.45, 2.75) is 12.5 Å².